The van der Waals surface area contributed by atoms with Crippen LogP contribution in [0.15, 0.2) is 28.9 Å². The molecule has 106 valence electrons. The lowest BCUT2D eigenvalue weighted by molar-refractivity contribution is -0.119. The largest absolute Gasteiger partial charge is 0.310 e. The number of fused-ring (bicyclic) bond motifs is 1. The number of carbonyl (C=O) groups excluding carboxylic acids is 1. The number of carbonyl (C=O) groups is 1. The number of amides is 1. The van der Waals surface area contributed by atoms with Crippen LogP contribution in [0.5, 0.6) is 0 Å². The molecule has 5 heteroatoms. The molecule has 20 heavy (non-hydrogen) atoms. The fraction of sp³-hybridized carbons (Fsp3) is 0.400. The van der Waals surface area contributed by atoms with Crippen LogP contribution in [0.3, 0.4) is 0 Å². The highest BCUT2D eigenvalue weighted by molar-refractivity contribution is 9.10. The molecule has 0 spiro atoms. The van der Waals surface area contributed by atoms with Gasteiger partial charge in [0.25, 0.3) is 0 Å². The topological polar surface area (TPSA) is 54.9 Å². The molecule has 0 fully saturated rings. The van der Waals surface area contributed by atoms with Gasteiger partial charge in [-0.2, -0.15) is 0 Å². The average Bonchev–Trinajstić information content (AvgIpc) is 2.44. The predicted octanol–water partition coefficient (Wildman–Crippen LogP) is 4.16. The Kier molecular flexibility index (Phi) is 5.06. The van der Waals surface area contributed by atoms with Gasteiger partial charge in [0.15, 0.2) is 5.65 Å². The molecule has 0 aliphatic carbocycles. The van der Waals surface area contributed by atoms with Crippen molar-refractivity contribution in [1.29, 1.82) is 0 Å². The van der Waals surface area contributed by atoms with E-state index in [1.54, 1.807) is 0 Å². The summed E-state index contributed by atoms with van der Waals surface area (Å²) in [6, 6.07) is 7.53. The number of hydrogen-bond donors (Lipinski definition) is 1. The molecule has 0 aliphatic heterocycles. The third-order valence-electron chi connectivity index (χ3n) is 3.21. The predicted molar refractivity (Wildman–Crippen MR) is 84.6 cm³/mol. The van der Waals surface area contributed by atoms with Crippen LogP contribution in [0.4, 0.5) is 5.82 Å². The second kappa shape index (κ2) is 6.79. The Hall–Kier alpha value is -1.49. The summed E-state index contributed by atoms with van der Waals surface area (Å²) in [5, 5.41) is 3.81. The van der Waals surface area contributed by atoms with Crippen molar-refractivity contribution >= 4 is 38.7 Å². The molecule has 0 bridgehead atoms. The summed E-state index contributed by atoms with van der Waals surface area (Å²) in [5.41, 5.74) is 0.624. The zero-order valence-corrected chi connectivity index (χ0v) is 13.3. The third kappa shape index (κ3) is 3.76. The first-order chi connectivity index (χ1) is 9.60. The SMILES string of the molecule is CCCCC(C)C(=O)Nc1ccc2ccc(Br)nc2n1. The highest BCUT2D eigenvalue weighted by Crippen LogP contribution is 2.17. The molecule has 0 saturated heterocycles. The van der Waals surface area contributed by atoms with Crippen LogP contribution in [0.25, 0.3) is 11.0 Å². The lowest BCUT2D eigenvalue weighted by atomic mass is 10.0. The van der Waals surface area contributed by atoms with Gasteiger partial charge in [0.2, 0.25) is 5.91 Å². The van der Waals surface area contributed by atoms with Crippen molar-refractivity contribution in [2.45, 2.75) is 33.1 Å². The van der Waals surface area contributed by atoms with E-state index in [0.29, 0.717) is 11.5 Å². The Morgan fingerprint density at radius 1 is 1.30 bits per heavy atom. The lowest BCUT2D eigenvalue weighted by Gasteiger charge is -2.11. The summed E-state index contributed by atoms with van der Waals surface area (Å²) >= 11 is 3.32. The van der Waals surface area contributed by atoms with Crippen molar-refractivity contribution in [1.82, 2.24) is 9.97 Å². The Labute approximate surface area is 127 Å². The highest BCUT2D eigenvalue weighted by atomic mass is 79.9. The highest BCUT2D eigenvalue weighted by Gasteiger charge is 2.13. The maximum Gasteiger partial charge on any atom is 0.228 e. The minimum Gasteiger partial charge on any atom is -0.310 e. The maximum absolute atomic E-state index is 12.0. The minimum atomic E-state index is 0.00270. The van der Waals surface area contributed by atoms with Crippen molar-refractivity contribution in [2.24, 2.45) is 5.92 Å². The van der Waals surface area contributed by atoms with Gasteiger partial charge in [-0.3, -0.25) is 4.79 Å². The number of pyridine rings is 2. The first kappa shape index (κ1) is 14.9. The van der Waals surface area contributed by atoms with Crippen molar-refractivity contribution in [2.75, 3.05) is 5.32 Å². The summed E-state index contributed by atoms with van der Waals surface area (Å²) in [6.45, 7) is 4.07. The van der Waals surface area contributed by atoms with E-state index in [1.165, 1.54) is 0 Å². The number of nitrogens with zero attached hydrogens (tertiary/aromatic N) is 2. The number of nitrogens with one attached hydrogen (secondary N) is 1. The summed E-state index contributed by atoms with van der Waals surface area (Å²) in [7, 11) is 0. The van der Waals surface area contributed by atoms with Crippen LogP contribution in [-0.2, 0) is 4.79 Å². The Morgan fingerprint density at radius 3 is 2.80 bits per heavy atom. The van der Waals surface area contributed by atoms with Gasteiger partial charge in [-0.05, 0) is 46.6 Å². The molecular weight excluding hydrogens is 318 g/mol. The van der Waals surface area contributed by atoms with Crippen molar-refractivity contribution < 1.29 is 4.79 Å². The monoisotopic (exact) mass is 335 g/mol. The Bertz CT molecular complexity index is 615. The van der Waals surface area contributed by atoms with Gasteiger partial charge < -0.3 is 5.32 Å². The third-order valence-corrected chi connectivity index (χ3v) is 3.65. The van der Waals surface area contributed by atoms with E-state index in [1.807, 2.05) is 31.2 Å². The van der Waals surface area contributed by atoms with Crippen LogP contribution < -0.4 is 5.32 Å². The van der Waals surface area contributed by atoms with E-state index < -0.39 is 0 Å². The van der Waals surface area contributed by atoms with Gasteiger partial charge in [-0.15, -0.1) is 0 Å². The van der Waals surface area contributed by atoms with Gasteiger partial charge in [0, 0.05) is 11.3 Å². The van der Waals surface area contributed by atoms with E-state index in [4.69, 9.17) is 0 Å². The quantitative estimate of drug-likeness (QED) is 0.834. The molecule has 0 aliphatic rings. The van der Waals surface area contributed by atoms with E-state index in [2.05, 4.69) is 38.1 Å². The second-order valence-corrected chi connectivity index (χ2v) is 5.72. The van der Waals surface area contributed by atoms with Crippen LogP contribution in [-0.4, -0.2) is 15.9 Å². The molecule has 4 nitrogen and oxygen atoms in total. The second-order valence-electron chi connectivity index (χ2n) is 4.91. The van der Waals surface area contributed by atoms with Gasteiger partial charge in [0.1, 0.15) is 10.4 Å². The summed E-state index contributed by atoms with van der Waals surface area (Å²) in [4.78, 5) is 20.7. The lowest BCUT2D eigenvalue weighted by Crippen LogP contribution is -2.21. The minimum absolute atomic E-state index is 0.00270. The van der Waals surface area contributed by atoms with Crippen LogP contribution >= 0.6 is 15.9 Å². The molecule has 1 unspecified atom stereocenters. The molecule has 1 atom stereocenters. The van der Waals surface area contributed by atoms with Gasteiger partial charge in [0.05, 0.1) is 0 Å². The van der Waals surface area contributed by atoms with E-state index in [-0.39, 0.29) is 11.8 Å². The Morgan fingerprint density at radius 2 is 2.05 bits per heavy atom. The van der Waals surface area contributed by atoms with E-state index >= 15 is 0 Å². The number of halogens is 1. The summed E-state index contributed by atoms with van der Waals surface area (Å²) < 4.78 is 0.734. The number of anilines is 1. The van der Waals surface area contributed by atoms with E-state index in [9.17, 15) is 4.79 Å². The molecule has 2 rings (SSSR count). The summed E-state index contributed by atoms with van der Waals surface area (Å²) in [6.07, 6.45) is 3.07. The maximum atomic E-state index is 12.0. The van der Waals surface area contributed by atoms with Crippen LogP contribution in [0, 0.1) is 5.92 Å². The van der Waals surface area contributed by atoms with Gasteiger partial charge in [-0.25, -0.2) is 9.97 Å². The fourth-order valence-electron chi connectivity index (χ4n) is 1.94. The fourth-order valence-corrected chi connectivity index (χ4v) is 2.24. The molecular formula is C15H18BrN3O. The number of hydrogen-bond acceptors (Lipinski definition) is 3. The molecule has 1 amide bonds. The molecule has 0 radical (unpaired) electrons. The number of aromatic nitrogens is 2. The summed E-state index contributed by atoms with van der Waals surface area (Å²) in [5.74, 6) is 0.569. The van der Waals surface area contributed by atoms with Gasteiger partial charge >= 0.3 is 0 Å². The van der Waals surface area contributed by atoms with Gasteiger partial charge in [-0.1, -0.05) is 26.7 Å². The zero-order chi connectivity index (χ0) is 14.5. The zero-order valence-electron chi connectivity index (χ0n) is 11.7. The van der Waals surface area contributed by atoms with Crippen LogP contribution in [0.1, 0.15) is 33.1 Å². The number of unbranched alkanes of at least 4 members (excludes halogenated alkanes) is 1. The van der Waals surface area contributed by atoms with Crippen molar-refractivity contribution in [3.63, 3.8) is 0 Å². The standard InChI is InChI=1S/C15H18BrN3O/c1-3-4-5-10(2)15(20)19-13-9-7-11-6-8-12(16)17-14(11)18-13/h6-10H,3-5H2,1-2H3,(H,17,18,19,20). The van der Waals surface area contributed by atoms with Crippen molar-refractivity contribution in [3.8, 4) is 0 Å². The first-order valence-electron chi connectivity index (χ1n) is 6.84. The molecule has 0 saturated carbocycles. The van der Waals surface area contributed by atoms with Crippen LogP contribution in [0.2, 0.25) is 0 Å². The molecule has 0 aromatic carbocycles. The smallest absolute Gasteiger partial charge is 0.228 e. The van der Waals surface area contributed by atoms with Crippen molar-refractivity contribution in [3.05, 3.63) is 28.9 Å². The van der Waals surface area contributed by atoms with E-state index in [0.717, 1.165) is 29.3 Å². The molecule has 2 aromatic heterocycles. The Balaban J connectivity index is 2.11. The normalized spacial score (nSPS) is 12.3. The molecule has 1 N–H and O–H groups in total. The molecule has 2 aromatic rings. The number of rotatable bonds is 5. The molecule has 2 heterocycles. The average molecular weight is 336 g/mol. The first-order valence-corrected chi connectivity index (χ1v) is 7.63.